The molecule has 0 aliphatic carbocycles. The van der Waals surface area contributed by atoms with E-state index in [1.807, 2.05) is 30.3 Å². The molecule has 0 radical (unpaired) electrons. The second kappa shape index (κ2) is 9.86. The summed E-state index contributed by atoms with van der Waals surface area (Å²) < 4.78 is 11.2. The molecule has 2 aromatic rings. The minimum Gasteiger partial charge on any atom is -0.478 e. The first-order chi connectivity index (χ1) is 14.8. The second-order valence-electron chi connectivity index (χ2n) is 8.50. The number of rotatable bonds is 7. The van der Waals surface area contributed by atoms with Crippen molar-refractivity contribution in [3.05, 3.63) is 65.2 Å². The zero-order valence-corrected chi connectivity index (χ0v) is 18.5. The molecule has 1 atom stereocenters. The number of carbonyl (C=O) groups is 2. The van der Waals surface area contributed by atoms with Gasteiger partial charge in [-0.1, -0.05) is 43.3 Å². The van der Waals surface area contributed by atoms with Gasteiger partial charge < -0.3 is 19.5 Å². The molecule has 1 aliphatic heterocycles. The van der Waals surface area contributed by atoms with E-state index in [4.69, 9.17) is 9.47 Å². The van der Waals surface area contributed by atoms with Gasteiger partial charge in [-0.15, -0.1) is 0 Å². The molecule has 166 valence electrons. The number of aliphatic carboxylic acids is 1. The molecule has 1 aliphatic rings. The van der Waals surface area contributed by atoms with Crippen LogP contribution in [-0.4, -0.2) is 40.8 Å². The molecule has 6 nitrogen and oxygen atoms in total. The van der Waals surface area contributed by atoms with Gasteiger partial charge in [-0.3, -0.25) is 0 Å². The highest BCUT2D eigenvalue weighted by Crippen LogP contribution is 2.30. The first-order valence-electron chi connectivity index (χ1n) is 10.8. The van der Waals surface area contributed by atoms with Crippen molar-refractivity contribution < 1.29 is 24.2 Å². The van der Waals surface area contributed by atoms with Crippen molar-refractivity contribution in [2.75, 3.05) is 13.1 Å². The lowest BCUT2D eigenvalue weighted by molar-refractivity contribution is -0.152. The third kappa shape index (κ3) is 6.00. The molecule has 2 aromatic carbocycles. The lowest BCUT2D eigenvalue weighted by Crippen LogP contribution is -2.39. The Balaban J connectivity index is 1.60. The molecule has 3 rings (SSSR count). The number of likely N-dealkylation sites (tertiary alicyclic amines) is 1. The van der Waals surface area contributed by atoms with E-state index in [1.165, 1.54) is 19.4 Å². The van der Waals surface area contributed by atoms with Crippen LogP contribution in [0.1, 0.15) is 56.2 Å². The van der Waals surface area contributed by atoms with Crippen molar-refractivity contribution in [1.82, 2.24) is 4.90 Å². The van der Waals surface area contributed by atoms with Gasteiger partial charge in [0.2, 0.25) is 0 Å². The van der Waals surface area contributed by atoms with Crippen LogP contribution in [0.2, 0.25) is 0 Å². The average molecular weight is 426 g/mol. The molecule has 6 heteroatoms. The van der Waals surface area contributed by atoms with Gasteiger partial charge >= 0.3 is 12.1 Å². The van der Waals surface area contributed by atoms with Gasteiger partial charge in [0.25, 0.3) is 0 Å². The van der Waals surface area contributed by atoms with E-state index in [9.17, 15) is 14.7 Å². The number of carboxylic acids is 1. The third-order valence-electron chi connectivity index (χ3n) is 5.69. The summed E-state index contributed by atoms with van der Waals surface area (Å²) in [6.45, 7) is 6.66. The van der Waals surface area contributed by atoms with E-state index >= 15 is 0 Å². The van der Waals surface area contributed by atoms with Gasteiger partial charge in [-0.05, 0) is 61.9 Å². The minimum absolute atomic E-state index is 0.154. The van der Waals surface area contributed by atoms with Crippen molar-refractivity contribution in [3.8, 4) is 5.75 Å². The molecular formula is C25H31NO5. The van der Waals surface area contributed by atoms with Crippen LogP contribution in [0.4, 0.5) is 4.79 Å². The summed E-state index contributed by atoms with van der Waals surface area (Å²) in [5.74, 6) is -0.351. The van der Waals surface area contributed by atoms with Crippen LogP contribution in [0.15, 0.2) is 48.5 Å². The first kappa shape index (κ1) is 22.7. The Kier molecular flexibility index (Phi) is 7.21. The largest absolute Gasteiger partial charge is 0.478 e. The molecule has 0 aromatic heterocycles. The normalized spacial score (nSPS) is 16.6. The van der Waals surface area contributed by atoms with E-state index in [0.29, 0.717) is 18.8 Å². The second-order valence-corrected chi connectivity index (χ2v) is 8.50. The van der Waals surface area contributed by atoms with Gasteiger partial charge in [0.15, 0.2) is 5.60 Å². The van der Waals surface area contributed by atoms with Crippen molar-refractivity contribution >= 4 is 12.1 Å². The monoisotopic (exact) mass is 425 g/mol. The van der Waals surface area contributed by atoms with Crippen LogP contribution in [0.25, 0.3) is 0 Å². The Hall–Kier alpha value is -3.02. The molecule has 1 amide bonds. The highest BCUT2D eigenvalue weighted by molar-refractivity contribution is 5.76. The van der Waals surface area contributed by atoms with Crippen LogP contribution < -0.4 is 4.74 Å². The number of nitrogens with zero attached hydrogens (tertiary/aromatic N) is 1. The van der Waals surface area contributed by atoms with E-state index in [0.717, 1.165) is 30.4 Å². The Bertz CT molecular complexity index is 906. The van der Waals surface area contributed by atoms with Crippen LogP contribution in [0, 0.1) is 0 Å². The van der Waals surface area contributed by atoms with E-state index in [-0.39, 0.29) is 18.6 Å². The van der Waals surface area contributed by atoms with Crippen LogP contribution in [0.5, 0.6) is 5.75 Å². The van der Waals surface area contributed by atoms with Crippen LogP contribution in [-0.2, 0) is 22.6 Å². The van der Waals surface area contributed by atoms with Crippen molar-refractivity contribution in [2.45, 2.75) is 58.2 Å². The number of hydrogen-bond acceptors (Lipinski definition) is 4. The van der Waals surface area contributed by atoms with Crippen LogP contribution in [0.3, 0.4) is 0 Å². The summed E-state index contributed by atoms with van der Waals surface area (Å²) in [7, 11) is 0. The molecule has 0 bridgehead atoms. The topological polar surface area (TPSA) is 76.1 Å². The van der Waals surface area contributed by atoms with Crippen molar-refractivity contribution in [1.29, 1.82) is 0 Å². The lowest BCUT2D eigenvalue weighted by atomic mass is 9.90. The summed E-state index contributed by atoms with van der Waals surface area (Å²) in [6.07, 6.45) is 2.52. The number of hydrogen-bond donors (Lipinski definition) is 1. The highest BCUT2D eigenvalue weighted by Gasteiger charge is 2.30. The van der Waals surface area contributed by atoms with Crippen molar-refractivity contribution in [3.63, 3.8) is 0 Å². The number of ether oxygens (including phenoxy) is 2. The van der Waals surface area contributed by atoms with Crippen molar-refractivity contribution in [2.24, 2.45) is 0 Å². The fraction of sp³-hybridized carbons (Fsp3) is 0.440. The number of carboxylic acid groups (broad SMARTS) is 1. The fourth-order valence-corrected chi connectivity index (χ4v) is 3.69. The predicted octanol–water partition coefficient (Wildman–Crippen LogP) is 5.01. The summed E-state index contributed by atoms with van der Waals surface area (Å²) in [6, 6.07) is 15.6. The molecule has 1 N–H and O–H groups in total. The molecule has 1 fully saturated rings. The minimum atomic E-state index is -1.31. The summed E-state index contributed by atoms with van der Waals surface area (Å²) in [4.78, 5) is 25.7. The Morgan fingerprint density at radius 3 is 2.52 bits per heavy atom. The molecular weight excluding hydrogens is 394 g/mol. The maximum absolute atomic E-state index is 12.6. The average Bonchev–Trinajstić information content (AvgIpc) is 2.77. The number of piperidine rings is 1. The quantitative estimate of drug-likeness (QED) is 0.675. The number of benzene rings is 2. The molecule has 0 unspecified atom stereocenters. The third-order valence-corrected chi connectivity index (χ3v) is 5.69. The first-order valence-corrected chi connectivity index (χ1v) is 10.8. The molecule has 0 saturated carbocycles. The molecule has 31 heavy (non-hydrogen) atoms. The number of amides is 1. The van der Waals surface area contributed by atoms with Gasteiger partial charge in [0.05, 0.1) is 0 Å². The maximum atomic E-state index is 12.6. The maximum Gasteiger partial charge on any atom is 0.410 e. The summed E-state index contributed by atoms with van der Waals surface area (Å²) in [5, 5.41) is 9.29. The highest BCUT2D eigenvalue weighted by atomic mass is 16.6. The Morgan fingerprint density at radius 2 is 1.84 bits per heavy atom. The van der Waals surface area contributed by atoms with Gasteiger partial charge in [0.1, 0.15) is 12.4 Å². The SMILES string of the molecule is CCc1ccc(COC(=O)N2CCC[C@@H](c3cccc(OC(C)(C)C(=O)O)c3)C2)cc1. The Labute approximate surface area is 183 Å². The predicted molar refractivity (Wildman–Crippen MR) is 118 cm³/mol. The van der Waals surface area contributed by atoms with E-state index in [2.05, 4.69) is 19.1 Å². The number of aryl methyl sites for hydroxylation is 1. The molecule has 1 saturated heterocycles. The van der Waals surface area contributed by atoms with Gasteiger partial charge in [-0.25, -0.2) is 9.59 Å². The van der Waals surface area contributed by atoms with Gasteiger partial charge in [0, 0.05) is 19.0 Å². The fourth-order valence-electron chi connectivity index (χ4n) is 3.69. The summed E-state index contributed by atoms with van der Waals surface area (Å²) >= 11 is 0. The lowest BCUT2D eigenvalue weighted by Gasteiger charge is -2.32. The van der Waals surface area contributed by atoms with Gasteiger partial charge in [-0.2, -0.15) is 0 Å². The van der Waals surface area contributed by atoms with E-state index < -0.39 is 11.6 Å². The number of carbonyl (C=O) groups excluding carboxylic acids is 1. The smallest absolute Gasteiger partial charge is 0.410 e. The summed E-state index contributed by atoms with van der Waals surface area (Å²) in [5.41, 5.74) is 1.96. The zero-order valence-electron chi connectivity index (χ0n) is 18.5. The Morgan fingerprint density at radius 1 is 1.13 bits per heavy atom. The van der Waals surface area contributed by atoms with E-state index in [1.54, 1.807) is 11.0 Å². The standard InChI is InChI=1S/C25H31NO5/c1-4-18-10-12-19(13-11-18)17-30-24(29)26-14-6-8-21(16-26)20-7-5-9-22(15-20)31-25(2,3)23(27)28/h5,7,9-13,15,21H,4,6,8,14,16-17H2,1-3H3,(H,27,28)/t21-/m1/s1. The molecule has 0 spiro atoms. The van der Waals surface area contributed by atoms with Crippen LogP contribution >= 0.6 is 0 Å². The zero-order chi connectivity index (χ0) is 22.4. The molecule has 1 heterocycles.